The predicted molar refractivity (Wildman–Crippen MR) is 100 cm³/mol. The molecule has 0 N–H and O–H groups in total. The van der Waals surface area contributed by atoms with Crippen molar-refractivity contribution >= 4 is 11.7 Å². The zero-order valence-electron chi connectivity index (χ0n) is 15.3. The minimum Gasteiger partial charge on any atom is -0.465 e. The Hall–Kier alpha value is -1.55. The van der Waals surface area contributed by atoms with Gasteiger partial charge in [0, 0.05) is 37.9 Å². The van der Waals surface area contributed by atoms with E-state index in [2.05, 4.69) is 21.9 Å². The SMILES string of the molecule is COC(=O)c1ccc(N(CC2CC2)C2CCN(CC3CC3)CC2)cc1. The van der Waals surface area contributed by atoms with Gasteiger partial charge in [0.25, 0.3) is 0 Å². The molecule has 0 atom stereocenters. The molecule has 1 aliphatic heterocycles. The molecule has 1 aromatic rings. The number of likely N-dealkylation sites (tertiary alicyclic amines) is 1. The maximum Gasteiger partial charge on any atom is 0.337 e. The molecule has 0 amide bonds. The molecule has 4 nitrogen and oxygen atoms in total. The Bertz CT molecular complexity index is 584. The molecule has 2 aliphatic carbocycles. The van der Waals surface area contributed by atoms with Crippen LogP contribution in [0.1, 0.15) is 48.9 Å². The van der Waals surface area contributed by atoms with Gasteiger partial charge in [-0.15, -0.1) is 0 Å². The fraction of sp³-hybridized carbons (Fsp3) is 0.667. The molecule has 1 saturated heterocycles. The summed E-state index contributed by atoms with van der Waals surface area (Å²) in [6.07, 6.45) is 8.16. The van der Waals surface area contributed by atoms with Crippen LogP contribution in [0.25, 0.3) is 0 Å². The molecule has 0 spiro atoms. The second-order valence-electron chi connectivity index (χ2n) is 8.11. The lowest BCUT2D eigenvalue weighted by Crippen LogP contribution is -2.46. The third-order valence-electron chi connectivity index (χ3n) is 5.98. The maximum atomic E-state index is 11.7. The van der Waals surface area contributed by atoms with Crippen molar-refractivity contribution in [1.82, 2.24) is 4.90 Å². The summed E-state index contributed by atoms with van der Waals surface area (Å²) in [4.78, 5) is 17.0. The smallest absolute Gasteiger partial charge is 0.337 e. The molecule has 0 unspecified atom stereocenters. The van der Waals surface area contributed by atoms with E-state index in [1.165, 1.54) is 77.5 Å². The van der Waals surface area contributed by atoms with Crippen LogP contribution in [0.3, 0.4) is 0 Å². The molecular weight excluding hydrogens is 312 g/mol. The van der Waals surface area contributed by atoms with Crippen LogP contribution in [0.4, 0.5) is 5.69 Å². The number of ether oxygens (including phenoxy) is 1. The molecule has 3 aliphatic rings. The Morgan fingerprint density at radius 1 is 1.04 bits per heavy atom. The third-order valence-corrected chi connectivity index (χ3v) is 5.98. The van der Waals surface area contributed by atoms with E-state index in [1.807, 2.05) is 12.1 Å². The molecular formula is C21H30N2O2. The number of methoxy groups -OCH3 is 1. The van der Waals surface area contributed by atoms with Crippen LogP contribution in [-0.2, 0) is 4.74 Å². The first kappa shape index (κ1) is 16.9. The van der Waals surface area contributed by atoms with Gasteiger partial charge in [0.15, 0.2) is 0 Å². The van der Waals surface area contributed by atoms with E-state index in [-0.39, 0.29) is 5.97 Å². The van der Waals surface area contributed by atoms with Gasteiger partial charge >= 0.3 is 5.97 Å². The van der Waals surface area contributed by atoms with Gasteiger partial charge in [0.1, 0.15) is 0 Å². The van der Waals surface area contributed by atoms with Gasteiger partial charge in [0.2, 0.25) is 0 Å². The van der Waals surface area contributed by atoms with Gasteiger partial charge in [-0.2, -0.15) is 0 Å². The van der Waals surface area contributed by atoms with Gasteiger partial charge in [-0.25, -0.2) is 4.79 Å². The van der Waals surface area contributed by atoms with Gasteiger partial charge in [0.05, 0.1) is 12.7 Å². The van der Waals surface area contributed by atoms with Crippen molar-refractivity contribution in [2.45, 2.75) is 44.6 Å². The van der Waals surface area contributed by atoms with Crippen molar-refractivity contribution in [1.29, 1.82) is 0 Å². The van der Waals surface area contributed by atoms with Crippen molar-refractivity contribution < 1.29 is 9.53 Å². The monoisotopic (exact) mass is 342 g/mol. The van der Waals surface area contributed by atoms with Crippen molar-refractivity contribution in [2.24, 2.45) is 11.8 Å². The van der Waals surface area contributed by atoms with E-state index in [1.54, 1.807) is 0 Å². The van der Waals surface area contributed by atoms with Crippen LogP contribution in [0.2, 0.25) is 0 Å². The molecule has 2 saturated carbocycles. The molecule has 0 aromatic heterocycles. The fourth-order valence-corrected chi connectivity index (χ4v) is 4.03. The number of rotatable bonds is 7. The minimum absolute atomic E-state index is 0.256. The Labute approximate surface area is 151 Å². The minimum atomic E-state index is -0.256. The first-order chi connectivity index (χ1) is 12.2. The van der Waals surface area contributed by atoms with Gasteiger partial charge in [-0.3, -0.25) is 0 Å². The van der Waals surface area contributed by atoms with Crippen LogP contribution < -0.4 is 4.90 Å². The van der Waals surface area contributed by atoms with Crippen LogP contribution in [0.5, 0.6) is 0 Å². The number of anilines is 1. The van der Waals surface area contributed by atoms with Crippen LogP contribution in [0, 0.1) is 11.8 Å². The van der Waals surface area contributed by atoms with Crippen molar-refractivity contribution in [2.75, 3.05) is 38.2 Å². The lowest BCUT2D eigenvalue weighted by atomic mass is 10.0. The standard InChI is InChI=1S/C21H30N2O2/c1-25-21(24)18-6-8-19(9-7-18)23(15-17-4-5-17)20-10-12-22(13-11-20)14-16-2-3-16/h6-9,16-17,20H,2-5,10-15H2,1H3. The van der Waals surface area contributed by atoms with E-state index >= 15 is 0 Å². The normalized spacial score (nSPS) is 22.0. The van der Waals surface area contributed by atoms with E-state index < -0.39 is 0 Å². The number of hydrogen-bond acceptors (Lipinski definition) is 4. The van der Waals surface area contributed by atoms with E-state index in [0.29, 0.717) is 11.6 Å². The number of hydrogen-bond donors (Lipinski definition) is 0. The van der Waals surface area contributed by atoms with Crippen LogP contribution in [-0.4, -0.2) is 50.2 Å². The summed E-state index contributed by atoms with van der Waals surface area (Å²) in [6, 6.07) is 8.66. The lowest BCUT2D eigenvalue weighted by Gasteiger charge is -2.40. The Morgan fingerprint density at radius 3 is 2.24 bits per heavy atom. The highest BCUT2D eigenvalue weighted by Gasteiger charge is 2.32. The van der Waals surface area contributed by atoms with Gasteiger partial charge < -0.3 is 14.5 Å². The van der Waals surface area contributed by atoms with E-state index in [4.69, 9.17) is 4.74 Å². The first-order valence-corrected chi connectivity index (χ1v) is 9.90. The highest BCUT2D eigenvalue weighted by Crippen LogP contribution is 2.35. The zero-order valence-corrected chi connectivity index (χ0v) is 15.3. The van der Waals surface area contributed by atoms with Crippen molar-refractivity contribution in [3.05, 3.63) is 29.8 Å². The zero-order chi connectivity index (χ0) is 17.2. The van der Waals surface area contributed by atoms with Crippen molar-refractivity contribution in [3.8, 4) is 0 Å². The average molecular weight is 342 g/mol. The molecule has 25 heavy (non-hydrogen) atoms. The lowest BCUT2D eigenvalue weighted by molar-refractivity contribution is 0.0601. The molecule has 4 heteroatoms. The second kappa shape index (κ2) is 7.36. The van der Waals surface area contributed by atoms with E-state index in [0.717, 1.165) is 11.8 Å². The Morgan fingerprint density at radius 2 is 1.68 bits per heavy atom. The second-order valence-corrected chi connectivity index (χ2v) is 8.11. The third kappa shape index (κ3) is 4.35. The molecule has 136 valence electrons. The number of carbonyl (C=O) groups excluding carboxylic acids is 1. The van der Waals surface area contributed by atoms with Gasteiger partial charge in [-0.1, -0.05) is 0 Å². The molecule has 0 radical (unpaired) electrons. The first-order valence-electron chi connectivity index (χ1n) is 9.90. The Balaban J connectivity index is 1.41. The van der Waals surface area contributed by atoms with Gasteiger partial charge in [-0.05, 0) is 74.6 Å². The number of nitrogens with zero attached hydrogens (tertiary/aromatic N) is 2. The number of carbonyl (C=O) groups is 1. The number of esters is 1. The van der Waals surface area contributed by atoms with Crippen LogP contribution in [0.15, 0.2) is 24.3 Å². The highest BCUT2D eigenvalue weighted by atomic mass is 16.5. The number of piperidine rings is 1. The highest BCUT2D eigenvalue weighted by molar-refractivity contribution is 5.89. The summed E-state index contributed by atoms with van der Waals surface area (Å²) in [5, 5.41) is 0. The molecule has 1 heterocycles. The van der Waals surface area contributed by atoms with Crippen LogP contribution >= 0.6 is 0 Å². The molecule has 1 aromatic carbocycles. The molecule has 3 fully saturated rings. The van der Waals surface area contributed by atoms with E-state index in [9.17, 15) is 4.79 Å². The summed E-state index contributed by atoms with van der Waals surface area (Å²) in [5.41, 5.74) is 1.90. The summed E-state index contributed by atoms with van der Waals surface area (Å²) in [5.74, 6) is 1.60. The quantitative estimate of drug-likeness (QED) is 0.709. The number of benzene rings is 1. The molecule has 4 rings (SSSR count). The molecule has 0 bridgehead atoms. The van der Waals surface area contributed by atoms with Crippen molar-refractivity contribution in [3.63, 3.8) is 0 Å². The largest absolute Gasteiger partial charge is 0.465 e. The summed E-state index contributed by atoms with van der Waals surface area (Å²) >= 11 is 0. The Kier molecular flexibility index (Phi) is 4.98. The fourth-order valence-electron chi connectivity index (χ4n) is 4.03. The maximum absolute atomic E-state index is 11.7. The average Bonchev–Trinajstić information content (AvgIpc) is 3.56. The topological polar surface area (TPSA) is 32.8 Å². The summed E-state index contributed by atoms with van der Waals surface area (Å²) < 4.78 is 4.82. The summed E-state index contributed by atoms with van der Waals surface area (Å²) in [6.45, 7) is 4.97. The summed E-state index contributed by atoms with van der Waals surface area (Å²) in [7, 11) is 1.44. The predicted octanol–water partition coefficient (Wildman–Crippen LogP) is 3.56.